The van der Waals surface area contributed by atoms with Crippen LogP contribution in [0.4, 0.5) is 5.69 Å². The molecule has 0 saturated heterocycles. The second-order valence-corrected chi connectivity index (χ2v) is 3.39. The summed E-state index contributed by atoms with van der Waals surface area (Å²) in [6, 6.07) is 1.40. The molecule has 1 N–H and O–H groups in total. The predicted octanol–water partition coefficient (Wildman–Crippen LogP) is 2.02. The first-order chi connectivity index (χ1) is 7.68. The average molecular weight is 259 g/mol. The number of nitrogens with zero attached hydrogens (tertiary/aromatic N) is 3. The normalized spacial score (nSPS) is 10.1. The summed E-state index contributed by atoms with van der Waals surface area (Å²) >= 11 is 11.5. The Balaban J connectivity index is 2.25. The number of hydrogen-bond donors (Lipinski definition) is 1. The highest BCUT2D eigenvalue weighted by molar-refractivity contribution is 6.38. The minimum absolute atomic E-state index is 0.0526. The van der Waals surface area contributed by atoms with Crippen LogP contribution in [-0.2, 0) is 0 Å². The van der Waals surface area contributed by atoms with Gasteiger partial charge < -0.3 is 9.84 Å². The third-order valence-corrected chi connectivity index (χ3v) is 2.24. The van der Waals surface area contributed by atoms with Gasteiger partial charge in [-0.15, -0.1) is 0 Å². The van der Waals surface area contributed by atoms with E-state index in [2.05, 4.69) is 25.0 Å². The van der Waals surface area contributed by atoms with Gasteiger partial charge in [0.15, 0.2) is 16.0 Å². The third kappa shape index (κ3) is 2.12. The number of carbonyl (C=O) groups excluding carboxylic acids is 1. The lowest BCUT2D eigenvalue weighted by Gasteiger charge is -2.05. The van der Waals surface area contributed by atoms with Gasteiger partial charge in [0.2, 0.25) is 0 Å². The van der Waals surface area contributed by atoms with E-state index in [1.165, 1.54) is 18.7 Å². The van der Waals surface area contributed by atoms with Gasteiger partial charge in [0.1, 0.15) is 18.3 Å². The van der Waals surface area contributed by atoms with Crippen molar-refractivity contribution in [1.82, 2.24) is 15.1 Å². The van der Waals surface area contributed by atoms with Crippen LogP contribution in [0.15, 0.2) is 23.2 Å². The molecule has 0 atom stereocenters. The van der Waals surface area contributed by atoms with E-state index in [1.807, 2.05) is 0 Å². The van der Waals surface area contributed by atoms with Crippen molar-refractivity contribution in [1.29, 1.82) is 0 Å². The second kappa shape index (κ2) is 4.46. The van der Waals surface area contributed by atoms with Gasteiger partial charge in [-0.25, -0.2) is 9.97 Å². The first kappa shape index (κ1) is 10.8. The summed E-state index contributed by atoms with van der Waals surface area (Å²) in [5.74, 6) is -0.507. The monoisotopic (exact) mass is 258 g/mol. The Bertz CT molecular complexity index is 495. The Labute approximate surface area is 99.6 Å². The van der Waals surface area contributed by atoms with Crippen molar-refractivity contribution < 1.29 is 9.32 Å². The molecule has 0 aliphatic heterocycles. The van der Waals surface area contributed by atoms with Crippen LogP contribution in [0.25, 0.3) is 0 Å². The minimum Gasteiger partial charge on any atom is -0.364 e. The Hall–Kier alpha value is -1.66. The van der Waals surface area contributed by atoms with Crippen molar-refractivity contribution in [2.45, 2.75) is 0 Å². The van der Waals surface area contributed by atoms with Crippen molar-refractivity contribution in [3.63, 3.8) is 0 Å². The van der Waals surface area contributed by atoms with Crippen LogP contribution in [0, 0.1) is 0 Å². The van der Waals surface area contributed by atoms with Gasteiger partial charge in [0.25, 0.3) is 5.91 Å². The van der Waals surface area contributed by atoms with E-state index in [0.29, 0.717) is 0 Å². The number of amides is 1. The lowest BCUT2D eigenvalue weighted by molar-refractivity contribution is 0.101. The summed E-state index contributed by atoms with van der Waals surface area (Å²) in [6.45, 7) is 0. The molecule has 0 spiro atoms. The van der Waals surface area contributed by atoms with Crippen LogP contribution < -0.4 is 5.32 Å². The smallest absolute Gasteiger partial charge is 0.278 e. The van der Waals surface area contributed by atoms with E-state index in [9.17, 15) is 4.79 Å². The lowest BCUT2D eigenvalue weighted by Crippen LogP contribution is -2.13. The molecule has 0 bridgehead atoms. The highest BCUT2D eigenvalue weighted by Gasteiger charge is 2.14. The zero-order valence-corrected chi connectivity index (χ0v) is 9.16. The number of hydrogen-bond acceptors (Lipinski definition) is 5. The standard InChI is InChI=1S/C8H4Cl2N4O2/c9-6-5(7(10)12-3-11-6)13-8(15)4-1-2-16-14-4/h1-3H,(H,13,15). The van der Waals surface area contributed by atoms with Crippen LogP contribution in [0.2, 0.25) is 10.3 Å². The fraction of sp³-hybridized carbons (Fsp3) is 0. The van der Waals surface area contributed by atoms with Gasteiger partial charge in [0.05, 0.1) is 0 Å². The first-order valence-electron chi connectivity index (χ1n) is 4.06. The first-order valence-corrected chi connectivity index (χ1v) is 4.82. The molecular weight excluding hydrogens is 255 g/mol. The molecule has 1 amide bonds. The number of aromatic nitrogens is 3. The maximum atomic E-state index is 11.6. The maximum absolute atomic E-state index is 11.6. The van der Waals surface area contributed by atoms with Crippen molar-refractivity contribution in [2.75, 3.05) is 5.32 Å². The van der Waals surface area contributed by atoms with Crippen LogP contribution >= 0.6 is 23.2 Å². The van der Waals surface area contributed by atoms with Gasteiger partial charge in [-0.2, -0.15) is 0 Å². The van der Waals surface area contributed by atoms with E-state index >= 15 is 0 Å². The molecule has 0 saturated carbocycles. The molecule has 0 aliphatic rings. The molecule has 2 rings (SSSR count). The minimum atomic E-state index is -0.507. The molecule has 82 valence electrons. The van der Waals surface area contributed by atoms with Gasteiger partial charge in [0, 0.05) is 6.07 Å². The van der Waals surface area contributed by atoms with Crippen LogP contribution in [0.5, 0.6) is 0 Å². The summed E-state index contributed by atoms with van der Waals surface area (Å²) < 4.78 is 4.53. The molecule has 2 aromatic heterocycles. The van der Waals surface area contributed by atoms with Gasteiger partial charge in [-0.05, 0) is 0 Å². The number of carbonyl (C=O) groups is 1. The van der Waals surface area contributed by atoms with Crippen LogP contribution in [0.3, 0.4) is 0 Å². The predicted molar refractivity (Wildman–Crippen MR) is 56.5 cm³/mol. The lowest BCUT2D eigenvalue weighted by atomic mass is 10.4. The summed E-state index contributed by atoms with van der Waals surface area (Å²) in [5.41, 5.74) is 0.245. The van der Waals surface area contributed by atoms with Crippen molar-refractivity contribution in [3.8, 4) is 0 Å². The number of rotatable bonds is 2. The molecule has 16 heavy (non-hydrogen) atoms. The molecule has 2 heterocycles. The van der Waals surface area contributed by atoms with Gasteiger partial charge >= 0.3 is 0 Å². The summed E-state index contributed by atoms with van der Waals surface area (Å²) in [7, 11) is 0. The van der Waals surface area contributed by atoms with Gasteiger partial charge in [-0.1, -0.05) is 28.4 Å². The Kier molecular flexibility index (Phi) is 3.02. The Morgan fingerprint density at radius 3 is 2.56 bits per heavy atom. The SMILES string of the molecule is O=C(Nc1c(Cl)ncnc1Cl)c1ccon1. The highest BCUT2D eigenvalue weighted by atomic mass is 35.5. The summed E-state index contributed by atoms with van der Waals surface area (Å²) in [4.78, 5) is 18.9. The van der Waals surface area contributed by atoms with E-state index in [-0.39, 0.29) is 21.7 Å². The zero-order chi connectivity index (χ0) is 11.5. The second-order valence-electron chi connectivity index (χ2n) is 2.67. The third-order valence-electron chi connectivity index (χ3n) is 1.66. The molecule has 8 heteroatoms. The van der Waals surface area contributed by atoms with Crippen molar-refractivity contribution >= 4 is 34.8 Å². The molecule has 0 fully saturated rings. The van der Waals surface area contributed by atoms with E-state index in [0.717, 1.165) is 0 Å². The molecule has 2 aromatic rings. The topological polar surface area (TPSA) is 80.9 Å². The molecule has 0 unspecified atom stereocenters. The molecule has 0 aliphatic carbocycles. The fourth-order valence-electron chi connectivity index (χ4n) is 0.955. The molecule has 6 nitrogen and oxygen atoms in total. The quantitative estimate of drug-likeness (QED) is 0.834. The van der Waals surface area contributed by atoms with Crippen molar-refractivity contribution in [2.24, 2.45) is 0 Å². The van der Waals surface area contributed by atoms with Crippen LogP contribution in [-0.4, -0.2) is 21.0 Å². The van der Waals surface area contributed by atoms with Gasteiger partial charge in [-0.3, -0.25) is 4.79 Å². The van der Waals surface area contributed by atoms with E-state index in [4.69, 9.17) is 23.2 Å². The zero-order valence-electron chi connectivity index (χ0n) is 7.65. The number of halogens is 2. The number of nitrogens with one attached hydrogen (secondary N) is 1. The van der Waals surface area contributed by atoms with E-state index < -0.39 is 5.91 Å². The Morgan fingerprint density at radius 2 is 2.00 bits per heavy atom. The Morgan fingerprint density at radius 1 is 1.31 bits per heavy atom. The molecule has 0 radical (unpaired) electrons. The summed E-state index contributed by atoms with van der Waals surface area (Å²) in [5, 5.41) is 5.99. The summed E-state index contributed by atoms with van der Waals surface area (Å²) in [6.07, 6.45) is 2.47. The fourth-order valence-corrected chi connectivity index (χ4v) is 1.36. The van der Waals surface area contributed by atoms with Crippen molar-refractivity contribution in [3.05, 3.63) is 34.7 Å². The molecule has 0 aromatic carbocycles. The highest BCUT2D eigenvalue weighted by Crippen LogP contribution is 2.25. The molecular formula is C8H4Cl2N4O2. The largest absolute Gasteiger partial charge is 0.364 e. The number of anilines is 1. The average Bonchev–Trinajstić information content (AvgIpc) is 2.76. The van der Waals surface area contributed by atoms with E-state index in [1.54, 1.807) is 0 Å². The van der Waals surface area contributed by atoms with Crippen LogP contribution in [0.1, 0.15) is 10.5 Å². The maximum Gasteiger partial charge on any atom is 0.278 e.